The van der Waals surface area contributed by atoms with Crippen LogP contribution in [0.15, 0.2) is 0 Å². The Kier molecular flexibility index (Phi) is 5.72. The lowest BCUT2D eigenvalue weighted by Gasteiger charge is -2.14. The fraction of sp³-hybridized carbons (Fsp3) is 0.857. The summed E-state index contributed by atoms with van der Waals surface area (Å²) in [5.74, 6) is 0.414. The second-order valence-electron chi connectivity index (χ2n) is 3.46. The summed E-state index contributed by atoms with van der Waals surface area (Å²) in [5.41, 5.74) is -0.369. The fourth-order valence-corrected chi connectivity index (χ4v) is 1.62. The van der Waals surface area contributed by atoms with Gasteiger partial charge in [-0.15, -0.1) is 9.42 Å². The lowest BCUT2D eigenvalue weighted by Crippen LogP contribution is -2.17. The molecular formula is C7H14O4PS+. The van der Waals surface area contributed by atoms with E-state index >= 15 is 0 Å². The molecule has 13 heavy (non-hydrogen) atoms. The maximum Gasteiger partial charge on any atom is 0.694 e. The van der Waals surface area contributed by atoms with Gasteiger partial charge in [-0.2, -0.15) is 0 Å². The molecule has 0 aromatic rings. The van der Waals surface area contributed by atoms with Crippen LogP contribution in [0.4, 0.5) is 0 Å². The van der Waals surface area contributed by atoms with E-state index in [-0.39, 0.29) is 17.1 Å². The highest BCUT2D eigenvalue weighted by Crippen LogP contribution is 2.23. The van der Waals surface area contributed by atoms with Crippen molar-refractivity contribution >= 4 is 25.1 Å². The van der Waals surface area contributed by atoms with Crippen molar-refractivity contribution in [2.75, 3.05) is 12.4 Å². The van der Waals surface area contributed by atoms with Crippen molar-refractivity contribution in [2.45, 2.75) is 20.8 Å². The summed E-state index contributed by atoms with van der Waals surface area (Å²) in [7, 11) is -2.53. The molecule has 0 saturated carbocycles. The molecule has 0 amide bonds. The third-order valence-corrected chi connectivity index (χ3v) is 2.78. The van der Waals surface area contributed by atoms with Crippen molar-refractivity contribution in [1.29, 1.82) is 0 Å². The van der Waals surface area contributed by atoms with Gasteiger partial charge in [-0.1, -0.05) is 32.5 Å². The van der Waals surface area contributed by atoms with Gasteiger partial charge in [0.1, 0.15) is 6.61 Å². The second kappa shape index (κ2) is 5.70. The number of rotatable bonds is 4. The Labute approximate surface area is 83.0 Å². The first kappa shape index (κ1) is 13.0. The quantitative estimate of drug-likeness (QED) is 0.585. The second-order valence-corrected chi connectivity index (χ2v) is 5.26. The van der Waals surface area contributed by atoms with Crippen LogP contribution in [0.3, 0.4) is 0 Å². The number of carbonyl (C=O) groups excluding carboxylic acids is 1. The average molecular weight is 225 g/mol. The van der Waals surface area contributed by atoms with Gasteiger partial charge in [-0.05, 0) is 0 Å². The third kappa shape index (κ3) is 7.14. The van der Waals surface area contributed by atoms with Gasteiger partial charge in [0.2, 0.25) is 0 Å². The maximum absolute atomic E-state index is 11.3. The van der Waals surface area contributed by atoms with Crippen molar-refractivity contribution < 1.29 is 18.8 Å². The first-order valence-corrected chi connectivity index (χ1v) is 5.92. The zero-order chi connectivity index (χ0) is 10.5. The van der Waals surface area contributed by atoms with Crippen molar-refractivity contribution in [3.63, 3.8) is 0 Å². The Morgan fingerprint density at radius 3 is 2.46 bits per heavy atom. The Morgan fingerprint density at radius 1 is 1.54 bits per heavy atom. The van der Waals surface area contributed by atoms with E-state index in [2.05, 4.69) is 4.52 Å². The molecular weight excluding hydrogens is 211 g/mol. The Morgan fingerprint density at radius 2 is 2.08 bits per heavy atom. The predicted molar refractivity (Wildman–Crippen MR) is 52.7 cm³/mol. The highest BCUT2D eigenvalue weighted by atomic mass is 32.2. The van der Waals surface area contributed by atoms with Gasteiger partial charge in [0.05, 0.1) is 0 Å². The number of carbonyl (C=O) groups is 1. The van der Waals surface area contributed by atoms with Gasteiger partial charge < -0.3 is 0 Å². The number of thioether (sulfide) groups is 1. The molecule has 6 heteroatoms. The van der Waals surface area contributed by atoms with E-state index in [0.717, 1.165) is 11.8 Å². The SMILES string of the molecule is CC(C)(C)C(=O)SCCO[P+](=O)O. The molecule has 1 N–H and O–H groups in total. The van der Waals surface area contributed by atoms with Gasteiger partial charge in [0.15, 0.2) is 5.12 Å². The number of hydrogen-bond acceptors (Lipinski definition) is 4. The van der Waals surface area contributed by atoms with Crippen LogP contribution in [-0.2, 0) is 13.9 Å². The van der Waals surface area contributed by atoms with Crippen LogP contribution in [-0.4, -0.2) is 22.4 Å². The molecule has 0 rings (SSSR count). The van der Waals surface area contributed by atoms with Gasteiger partial charge >= 0.3 is 8.25 Å². The molecule has 0 aliphatic rings. The minimum absolute atomic E-state index is 0.0595. The summed E-state index contributed by atoms with van der Waals surface area (Å²) >= 11 is 1.12. The van der Waals surface area contributed by atoms with E-state index in [0.29, 0.717) is 5.75 Å². The molecule has 0 heterocycles. The standard InChI is InChI=1S/C7H13O4PS/c1-7(2,3)6(8)13-5-4-11-12(9)10/h4-5H2,1-3H3/p+1. The highest BCUT2D eigenvalue weighted by Gasteiger charge is 2.22. The smallest absolute Gasteiger partial charge is 0.287 e. The van der Waals surface area contributed by atoms with Gasteiger partial charge in [0, 0.05) is 15.7 Å². The molecule has 0 bridgehead atoms. The van der Waals surface area contributed by atoms with Crippen molar-refractivity contribution in [1.82, 2.24) is 0 Å². The molecule has 1 unspecified atom stereocenters. The summed E-state index contributed by atoms with van der Waals surface area (Å²) in [4.78, 5) is 19.6. The molecule has 1 atom stereocenters. The van der Waals surface area contributed by atoms with Crippen LogP contribution in [0.2, 0.25) is 0 Å². The summed E-state index contributed by atoms with van der Waals surface area (Å²) in [6.07, 6.45) is 0. The van der Waals surface area contributed by atoms with Crippen molar-refractivity contribution in [3.8, 4) is 0 Å². The van der Waals surface area contributed by atoms with Crippen LogP contribution < -0.4 is 0 Å². The Bertz CT molecular complexity index is 199. The van der Waals surface area contributed by atoms with Crippen LogP contribution in [0.25, 0.3) is 0 Å². The van der Waals surface area contributed by atoms with Crippen LogP contribution in [0, 0.1) is 5.41 Å². The van der Waals surface area contributed by atoms with E-state index in [9.17, 15) is 9.36 Å². The maximum atomic E-state index is 11.3. The van der Waals surface area contributed by atoms with E-state index < -0.39 is 8.25 Å². The predicted octanol–water partition coefficient (Wildman–Crippen LogP) is 1.96. The molecule has 0 aliphatic carbocycles. The first-order valence-electron chi connectivity index (χ1n) is 3.80. The zero-order valence-electron chi connectivity index (χ0n) is 7.94. The molecule has 0 fully saturated rings. The minimum atomic E-state index is -2.53. The molecule has 0 aromatic heterocycles. The molecule has 0 aromatic carbocycles. The lowest BCUT2D eigenvalue weighted by atomic mass is 10.00. The summed E-state index contributed by atoms with van der Waals surface area (Å²) in [6, 6.07) is 0. The third-order valence-electron chi connectivity index (χ3n) is 1.13. The highest BCUT2D eigenvalue weighted by molar-refractivity contribution is 8.13. The summed E-state index contributed by atoms with van der Waals surface area (Å²) in [6.45, 7) is 5.61. The number of hydrogen-bond donors (Lipinski definition) is 1. The van der Waals surface area contributed by atoms with Gasteiger partial charge in [-0.25, -0.2) is 0 Å². The van der Waals surface area contributed by atoms with Crippen molar-refractivity contribution in [3.05, 3.63) is 0 Å². The first-order chi connectivity index (χ1) is 5.84. The van der Waals surface area contributed by atoms with E-state index in [1.165, 1.54) is 0 Å². The molecule has 0 radical (unpaired) electrons. The molecule has 76 valence electrons. The lowest BCUT2D eigenvalue weighted by molar-refractivity contribution is -0.117. The van der Waals surface area contributed by atoms with Gasteiger partial charge in [0.25, 0.3) is 0 Å². The monoisotopic (exact) mass is 225 g/mol. The van der Waals surface area contributed by atoms with Crippen molar-refractivity contribution in [2.24, 2.45) is 5.41 Å². The van der Waals surface area contributed by atoms with Crippen LogP contribution in [0.1, 0.15) is 20.8 Å². The summed E-state index contributed by atoms with van der Waals surface area (Å²) in [5, 5.41) is 0.0595. The van der Waals surface area contributed by atoms with E-state index in [1.54, 1.807) is 0 Å². The zero-order valence-corrected chi connectivity index (χ0v) is 9.65. The fourth-order valence-electron chi connectivity index (χ4n) is 0.466. The van der Waals surface area contributed by atoms with E-state index in [1.807, 2.05) is 20.8 Å². The molecule has 0 aliphatic heterocycles. The van der Waals surface area contributed by atoms with E-state index in [4.69, 9.17) is 4.89 Å². The Balaban J connectivity index is 3.55. The molecule has 4 nitrogen and oxygen atoms in total. The topological polar surface area (TPSA) is 63.6 Å². The Hall–Kier alpha value is 0.0400. The van der Waals surface area contributed by atoms with Crippen LogP contribution in [0.5, 0.6) is 0 Å². The minimum Gasteiger partial charge on any atom is -0.287 e. The van der Waals surface area contributed by atoms with Gasteiger partial charge in [-0.3, -0.25) is 4.79 Å². The van der Waals surface area contributed by atoms with Crippen LogP contribution >= 0.6 is 20.0 Å². The molecule has 0 saturated heterocycles. The normalized spacial score (nSPS) is 12.8. The largest absolute Gasteiger partial charge is 0.694 e. The average Bonchev–Trinajstić information content (AvgIpc) is 1.95. The molecule has 0 spiro atoms. The summed E-state index contributed by atoms with van der Waals surface area (Å²) < 4.78 is 14.5.